The van der Waals surface area contributed by atoms with E-state index in [1.807, 2.05) is 13.8 Å². The van der Waals surface area contributed by atoms with E-state index in [0.717, 1.165) is 0 Å². The Hall–Kier alpha value is 0.500. The molecule has 0 aromatic heterocycles. The SMILES string of the molecule is CC1NC(C)C(Cl)C(O)C1Cl. The zero-order valence-electron chi connectivity index (χ0n) is 6.59. The van der Waals surface area contributed by atoms with Crippen molar-refractivity contribution in [2.45, 2.75) is 42.8 Å². The minimum Gasteiger partial charge on any atom is -0.390 e. The summed E-state index contributed by atoms with van der Waals surface area (Å²) in [5, 5.41) is 12.1. The molecule has 4 heteroatoms. The number of piperidine rings is 1. The Bertz CT molecular complexity index is 130. The number of alkyl halides is 2. The lowest BCUT2D eigenvalue weighted by Crippen LogP contribution is -2.59. The van der Waals surface area contributed by atoms with Crippen molar-refractivity contribution in [3.63, 3.8) is 0 Å². The Balaban J connectivity index is 2.63. The van der Waals surface area contributed by atoms with Crippen molar-refractivity contribution in [1.29, 1.82) is 0 Å². The molecule has 4 atom stereocenters. The van der Waals surface area contributed by atoms with Gasteiger partial charge in [0.05, 0.1) is 16.9 Å². The molecule has 1 saturated heterocycles. The number of nitrogens with one attached hydrogen (secondary N) is 1. The van der Waals surface area contributed by atoms with Crippen molar-refractivity contribution in [3.8, 4) is 0 Å². The summed E-state index contributed by atoms with van der Waals surface area (Å²) >= 11 is 11.8. The van der Waals surface area contributed by atoms with Gasteiger partial charge in [-0.1, -0.05) is 0 Å². The van der Waals surface area contributed by atoms with E-state index in [0.29, 0.717) is 0 Å². The third-order valence-corrected chi connectivity index (χ3v) is 3.41. The van der Waals surface area contributed by atoms with E-state index in [1.54, 1.807) is 0 Å². The maximum atomic E-state index is 9.48. The molecule has 0 spiro atoms. The van der Waals surface area contributed by atoms with Crippen LogP contribution in [0.3, 0.4) is 0 Å². The first-order valence-corrected chi connectivity index (χ1v) is 4.63. The van der Waals surface area contributed by atoms with Crippen LogP contribution in [0, 0.1) is 0 Å². The predicted molar refractivity (Wildman–Crippen MR) is 47.3 cm³/mol. The van der Waals surface area contributed by atoms with Gasteiger partial charge in [-0.15, -0.1) is 23.2 Å². The Morgan fingerprint density at radius 3 is 1.82 bits per heavy atom. The highest BCUT2D eigenvalue weighted by molar-refractivity contribution is 6.25. The lowest BCUT2D eigenvalue weighted by atomic mass is 9.97. The molecule has 1 fully saturated rings. The van der Waals surface area contributed by atoms with Crippen LogP contribution in [0.4, 0.5) is 0 Å². The van der Waals surface area contributed by atoms with E-state index in [-0.39, 0.29) is 22.8 Å². The molecule has 1 aliphatic rings. The standard InChI is InChI=1S/C7H13Cl2NO/c1-3-5(8)7(11)6(9)4(2)10-3/h3-7,10-11H,1-2H3. The zero-order chi connectivity index (χ0) is 8.59. The van der Waals surface area contributed by atoms with E-state index in [9.17, 15) is 5.11 Å². The van der Waals surface area contributed by atoms with Crippen LogP contribution < -0.4 is 5.32 Å². The molecule has 4 unspecified atom stereocenters. The molecule has 66 valence electrons. The van der Waals surface area contributed by atoms with Crippen LogP contribution in [0.15, 0.2) is 0 Å². The van der Waals surface area contributed by atoms with Crippen LogP contribution in [-0.4, -0.2) is 34.0 Å². The first kappa shape index (κ1) is 9.59. The van der Waals surface area contributed by atoms with E-state index in [4.69, 9.17) is 23.2 Å². The molecule has 2 N–H and O–H groups in total. The highest BCUT2D eigenvalue weighted by atomic mass is 35.5. The summed E-state index contributed by atoms with van der Waals surface area (Å²) in [7, 11) is 0. The first-order chi connectivity index (χ1) is 5.04. The second-order valence-corrected chi connectivity index (χ2v) is 4.13. The summed E-state index contributed by atoms with van der Waals surface area (Å²) in [6.07, 6.45) is -0.607. The second kappa shape index (κ2) is 3.48. The van der Waals surface area contributed by atoms with Crippen molar-refractivity contribution in [2.75, 3.05) is 0 Å². The van der Waals surface area contributed by atoms with Gasteiger partial charge in [0.25, 0.3) is 0 Å². The summed E-state index contributed by atoms with van der Waals surface area (Å²) in [6.45, 7) is 3.89. The number of hydrogen-bond acceptors (Lipinski definition) is 2. The van der Waals surface area contributed by atoms with Crippen LogP contribution in [-0.2, 0) is 0 Å². The van der Waals surface area contributed by atoms with Crippen LogP contribution >= 0.6 is 23.2 Å². The third-order valence-electron chi connectivity index (χ3n) is 2.13. The van der Waals surface area contributed by atoms with Gasteiger partial charge in [0.2, 0.25) is 0 Å². The molecular weight excluding hydrogens is 185 g/mol. The van der Waals surface area contributed by atoms with E-state index >= 15 is 0 Å². The summed E-state index contributed by atoms with van der Waals surface area (Å²) < 4.78 is 0. The summed E-state index contributed by atoms with van der Waals surface area (Å²) in [5.74, 6) is 0. The number of halogens is 2. The molecule has 0 radical (unpaired) electrons. The molecule has 2 nitrogen and oxygen atoms in total. The van der Waals surface area contributed by atoms with Gasteiger partial charge in [0, 0.05) is 12.1 Å². The molecule has 0 aromatic rings. The van der Waals surface area contributed by atoms with Crippen molar-refractivity contribution < 1.29 is 5.11 Å². The molecule has 0 aliphatic carbocycles. The van der Waals surface area contributed by atoms with Gasteiger partial charge >= 0.3 is 0 Å². The molecule has 0 amide bonds. The molecular formula is C7H13Cl2NO. The lowest BCUT2D eigenvalue weighted by Gasteiger charge is -2.38. The Morgan fingerprint density at radius 1 is 1.09 bits per heavy atom. The van der Waals surface area contributed by atoms with Gasteiger partial charge in [-0.3, -0.25) is 0 Å². The lowest BCUT2D eigenvalue weighted by molar-refractivity contribution is 0.111. The number of aliphatic hydroxyl groups excluding tert-OH is 1. The molecule has 0 aromatic carbocycles. The highest BCUT2D eigenvalue weighted by Gasteiger charge is 2.37. The van der Waals surface area contributed by atoms with Crippen LogP contribution in [0.5, 0.6) is 0 Å². The minimum atomic E-state index is -0.607. The molecule has 11 heavy (non-hydrogen) atoms. The van der Waals surface area contributed by atoms with E-state index in [2.05, 4.69) is 5.32 Å². The Morgan fingerprint density at radius 2 is 1.45 bits per heavy atom. The molecule has 1 heterocycles. The quantitative estimate of drug-likeness (QED) is 0.568. The van der Waals surface area contributed by atoms with Gasteiger partial charge in [0.1, 0.15) is 0 Å². The largest absolute Gasteiger partial charge is 0.390 e. The van der Waals surface area contributed by atoms with Gasteiger partial charge in [-0.05, 0) is 13.8 Å². The molecule has 1 rings (SSSR count). The smallest absolute Gasteiger partial charge is 0.0897 e. The normalized spacial score (nSPS) is 52.6. The first-order valence-electron chi connectivity index (χ1n) is 3.76. The number of hydrogen-bond donors (Lipinski definition) is 2. The minimum absolute atomic E-state index is 0.122. The van der Waals surface area contributed by atoms with E-state index < -0.39 is 6.10 Å². The Labute approximate surface area is 76.9 Å². The third kappa shape index (κ3) is 1.81. The van der Waals surface area contributed by atoms with Gasteiger partial charge in [0.15, 0.2) is 0 Å². The molecule has 0 saturated carbocycles. The van der Waals surface area contributed by atoms with Gasteiger partial charge < -0.3 is 10.4 Å². The maximum absolute atomic E-state index is 9.48. The summed E-state index contributed by atoms with van der Waals surface area (Å²) in [4.78, 5) is 0. The highest BCUT2D eigenvalue weighted by Crippen LogP contribution is 2.23. The van der Waals surface area contributed by atoms with Crippen molar-refractivity contribution in [2.24, 2.45) is 0 Å². The fraction of sp³-hybridized carbons (Fsp3) is 1.00. The van der Waals surface area contributed by atoms with E-state index in [1.165, 1.54) is 0 Å². The second-order valence-electron chi connectivity index (χ2n) is 3.12. The zero-order valence-corrected chi connectivity index (χ0v) is 8.10. The Kier molecular flexibility index (Phi) is 3.03. The van der Waals surface area contributed by atoms with Crippen LogP contribution in [0.1, 0.15) is 13.8 Å². The van der Waals surface area contributed by atoms with Gasteiger partial charge in [-0.2, -0.15) is 0 Å². The van der Waals surface area contributed by atoms with Crippen LogP contribution in [0.25, 0.3) is 0 Å². The summed E-state index contributed by atoms with van der Waals surface area (Å²) in [6, 6.07) is 0.244. The average molecular weight is 198 g/mol. The topological polar surface area (TPSA) is 32.3 Å². The van der Waals surface area contributed by atoms with Crippen molar-refractivity contribution >= 4 is 23.2 Å². The monoisotopic (exact) mass is 197 g/mol. The van der Waals surface area contributed by atoms with Crippen molar-refractivity contribution in [3.05, 3.63) is 0 Å². The molecule has 1 aliphatic heterocycles. The van der Waals surface area contributed by atoms with Crippen molar-refractivity contribution in [1.82, 2.24) is 5.32 Å². The fourth-order valence-corrected chi connectivity index (χ4v) is 1.90. The number of aliphatic hydroxyl groups is 1. The molecule has 0 bridgehead atoms. The van der Waals surface area contributed by atoms with Gasteiger partial charge in [-0.25, -0.2) is 0 Å². The summed E-state index contributed by atoms with van der Waals surface area (Å²) in [5.41, 5.74) is 0. The fourth-order valence-electron chi connectivity index (χ4n) is 1.37. The number of rotatable bonds is 0. The average Bonchev–Trinajstić information content (AvgIpc) is 1.97. The predicted octanol–water partition coefficient (Wildman–Crippen LogP) is 0.942. The van der Waals surface area contributed by atoms with Crippen LogP contribution in [0.2, 0.25) is 0 Å². The maximum Gasteiger partial charge on any atom is 0.0897 e.